The molecule has 0 bridgehead atoms. The van der Waals surface area contributed by atoms with Gasteiger partial charge in [-0.3, -0.25) is 9.78 Å². The third-order valence-corrected chi connectivity index (χ3v) is 5.56. The van der Waals surface area contributed by atoms with E-state index in [0.29, 0.717) is 35.9 Å². The van der Waals surface area contributed by atoms with Crippen LogP contribution >= 0.6 is 0 Å². The Morgan fingerprint density at radius 2 is 1.94 bits per heavy atom. The molecule has 0 atom stereocenters. The number of H-pyrrole nitrogens is 1. The molecule has 1 fully saturated rings. The highest BCUT2D eigenvalue weighted by Crippen LogP contribution is 2.30. The number of para-hydroxylation sites is 1. The quantitative estimate of drug-likeness (QED) is 0.451. The van der Waals surface area contributed by atoms with Crippen LogP contribution in [0, 0.1) is 0 Å². The van der Waals surface area contributed by atoms with E-state index in [1.54, 1.807) is 25.6 Å². The summed E-state index contributed by atoms with van der Waals surface area (Å²) in [6.07, 6.45) is 3.38. The molecule has 0 unspecified atom stereocenters. The van der Waals surface area contributed by atoms with Crippen LogP contribution in [0.5, 0.6) is 5.75 Å². The van der Waals surface area contributed by atoms with Crippen LogP contribution in [0.25, 0.3) is 22.3 Å². The fraction of sp³-hybridized carbons (Fsp3) is 0.208. The summed E-state index contributed by atoms with van der Waals surface area (Å²) in [6.45, 7) is 3.04. The molecule has 0 aliphatic carbocycles. The Morgan fingerprint density at radius 1 is 1.09 bits per heavy atom. The number of piperazine rings is 1. The number of nitrogens with one attached hydrogen (secondary N) is 3. The second kappa shape index (κ2) is 8.68. The minimum Gasteiger partial charge on any atom is -0.495 e. The van der Waals surface area contributed by atoms with Gasteiger partial charge in [-0.1, -0.05) is 18.2 Å². The van der Waals surface area contributed by atoms with E-state index in [2.05, 4.69) is 32.7 Å². The van der Waals surface area contributed by atoms with Crippen LogP contribution in [0.3, 0.4) is 0 Å². The third kappa shape index (κ3) is 4.00. The molecule has 1 aliphatic heterocycles. The number of amides is 1. The molecule has 1 aliphatic rings. The first-order valence-electron chi connectivity index (χ1n) is 10.6. The predicted molar refractivity (Wildman–Crippen MR) is 124 cm³/mol. The van der Waals surface area contributed by atoms with Crippen molar-refractivity contribution in [2.75, 3.05) is 38.6 Å². The maximum absolute atomic E-state index is 12.8. The summed E-state index contributed by atoms with van der Waals surface area (Å²) in [6, 6.07) is 15.6. The van der Waals surface area contributed by atoms with E-state index in [1.165, 1.54) is 0 Å². The molecule has 2 aromatic heterocycles. The Hall–Kier alpha value is -3.91. The zero-order chi connectivity index (χ0) is 21.9. The van der Waals surface area contributed by atoms with E-state index in [0.717, 1.165) is 35.4 Å². The maximum Gasteiger partial charge on any atom is 0.254 e. The minimum atomic E-state index is 0.0111. The van der Waals surface area contributed by atoms with Crippen LogP contribution < -0.4 is 15.4 Å². The Morgan fingerprint density at radius 3 is 2.75 bits per heavy atom. The van der Waals surface area contributed by atoms with Crippen LogP contribution in [0.2, 0.25) is 0 Å². The van der Waals surface area contributed by atoms with Gasteiger partial charge in [-0.15, -0.1) is 0 Å². The average Bonchev–Trinajstić information content (AvgIpc) is 3.29. The van der Waals surface area contributed by atoms with Crippen LogP contribution in [-0.4, -0.2) is 59.0 Å². The smallest absolute Gasteiger partial charge is 0.254 e. The standard InChI is InChI=1S/C24H24N6O2/c1-32-22-13-17(24(31)30-10-8-25-9-11-30)6-7-19(22)28-23-15-26-14-21(29-23)20-12-16-4-2-3-5-18(16)27-20/h2-7,12-15,25,27H,8-11H2,1H3,(H,28,29). The van der Waals surface area contributed by atoms with E-state index in [1.807, 2.05) is 35.2 Å². The third-order valence-electron chi connectivity index (χ3n) is 5.56. The average molecular weight is 428 g/mol. The summed E-state index contributed by atoms with van der Waals surface area (Å²) in [5, 5.41) is 7.65. The van der Waals surface area contributed by atoms with Gasteiger partial charge in [0.2, 0.25) is 0 Å². The monoisotopic (exact) mass is 428 g/mol. The first kappa shape index (κ1) is 20.0. The minimum absolute atomic E-state index is 0.0111. The lowest BCUT2D eigenvalue weighted by atomic mass is 10.1. The highest BCUT2D eigenvalue weighted by Gasteiger charge is 2.19. The van der Waals surface area contributed by atoms with Gasteiger partial charge < -0.3 is 25.3 Å². The first-order valence-corrected chi connectivity index (χ1v) is 10.6. The molecule has 8 nitrogen and oxygen atoms in total. The van der Waals surface area contributed by atoms with Crippen LogP contribution in [0.15, 0.2) is 60.9 Å². The van der Waals surface area contributed by atoms with Crippen LogP contribution in [0.4, 0.5) is 11.5 Å². The van der Waals surface area contributed by atoms with Crippen molar-refractivity contribution in [3.63, 3.8) is 0 Å². The highest BCUT2D eigenvalue weighted by molar-refractivity contribution is 5.95. The number of hydrogen-bond donors (Lipinski definition) is 3. The molecule has 1 amide bonds. The number of carbonyl (C=O) groups excluding carboxylic acids is 1. The lowest BCUT2D eigenvalue weighted by Crippen LogP contribution is -2.46. The number of rotatable bonds is 5. The number of anilines is 2. The summed E-state index contributed by atoms with van der Waals surface area (Å²) in [5.41, 5.74) is 4.00. The number of aromatic amines is 1. The number of benzene rings is 2. The van der Waals surface area contributed by atoms with Gasteiger partial charge in [0.25, 0.3) is 5.91 Å². The molecule has 4 aromatic rings. The van der Waals surface area contributed by atoms with Crippen molar-refractivity contribution in [1.29, 1.82) is 0 Å². The van der Waals surface area contributed by atoms with Crippen molar-refractivity contribution < 1.29 is 9.53 Å². The maximum atomic E-state index is 12.8. The van der Waals surface area contributed by atoms with E-state index < -0.39 is 0 Å². The van der Waals surface area contributed by atoms with Crippen molar-refractivity contribution in [1.82, 2.24) is 25.2 Å². The normalized spacial score (nSPS) is 13.8. The molecular weight excluding hydrogens is 404 g/mol. The van der Waals surface area contributed by atoms with Crippen molar-refractivity contribution in [3.8, 4) is 17.1 Å². The highest BCUT2D eigenvalue weighted by atomic mass is 16.5. The largest absolute Gasteiger partial charge is 0.495 e. The summed E-state index contributed by atoms with van der Waals surface area (Å²) in [7, 11) is 1.59. The Balaban J connectivity index is 1.38. The van der Waals surface area contributed by atoms with Gasteiger partial charge in [-0.25, -0.2) is 4.98 Å². The van der Waals surface area contributed by atoms with Crippen LogP contribution in [0.1, 0.15) is 10.4 Å². The van der Waals surface area contributed by atoms with Gasteiger partial charge in [0.05, 0.1) is 30.9 Å². The van der Waals surface area contributed by atoms with Gasteiger partial charge in [0.1, 0.15) is 17.3 Å². The topological polar surface area (TPSA) is 95.2 Å². The molecule has 0 radical (unpaired) electrons. The molecule has 8 heteroatoms. The fourth-order valence-electron chi connectivity index (χ4n) is 3.88. The van der Waals surface area contributed by atoms with Gasteiger partial charge in [0.15, 0.2) is 0 Å². The molecule has 0 saturated carbocycles. The molecule has 0 spiro atoms. The number of hydrogen-bond acceptors (Lipinski definition) is 6. The number of nitrogens with zero attached hydrogens (tertiary/aromatic N) is 3. The Kier molecular flexibility index (Phi) is 5.43. The summed E-state index contributed by atoms with van der Waals surface area (Å²) >= 11 is 0. The lowest BCUT2D eigenvalue weighted by Gasteiger charge is -2.27. The van der Waals surface area contributed by atoms with Crippen molar-refractivity contribution in [3.05, 3.63) is 66.5 Å². The van der Waals surface area contributed by atoms with E-state index in [9.17, 15) is 4.79 Å². The summed E-state index contributed by atoms with van der Waals surface area (Å²) in [4.78, 5) is 27.1. The van der Waals surface area contributed by atoms with E-state index >= 15 is 0 Å². The molecule has 3 N–H and O–H groups in total. The van der Waals surface area contributed by atoms with E-state index in [-0.39, 0.29) is 5.91 Å². The fourth-order valence-corrected chi connectivity index (χ4v) is 3.88. The molecule has 162 valence electrons. The second-order valence-corrected chi connectivity index (χ2v) is 7.64. The lowest BCUT2D eigenvalue weighted by molar-refractivity contribution is 0.0735. The zero-order valence-electron chi connectivity index (χ0n) is 17.8. The van der Waals surface area contributed by atoms with E-state index in [4.69, 9.17) is 9.72 Å². The number of carbonyl (C=O) groups is 1. The molecular formula is C24H24N6O2. The predicted octanol–water partition coefficient (Wildman–Crippen LogP) is 3.42. The molecule has 1 saturated heterocycles. The number of methoxy groups -OCH3 is 1. The Labute approximate surface area is 185 Å². The summed E-state index contributed by atoms with van der Waals surface area (Å²) < 4.78 is 5.55. The van der Waals surface area contributed by atoms with Crippen LogP contribution in [-0.2, 0) is 0 Å². The van der Waals surface area contributed by atoms with Crippen molar-refractivity contribution in [2.45, 2.75) is 0 Å². The van der Waals surface area contributed by atoms with Gasteiger partial charge in [-0.05, 0) is 30.3 Å². The molecule has 3 heterocycles. The first-order chi connectivity index (χ1) is 15.7. The SMILES string of the molecule is COc1cc(C(=O)N2CCNCC2)ccc1Nc1cncc(-c2cc3ccccc3[nH]2)n1. The molecule has 2 aromatic carbocycles. The van der Waals surface area contributed by atoms with Gasteiger partial charge >= 0.3 is 0 Å². The number of fused-ring (bicyclic) bond motifs is 1. The zero-order valence-corrected chi connectivity index (χ0v) is 17.8. The number of ether oxygens (including phenoxy) is 1. The number of aromatic nitrogens is 3. The second-order valence-electron chi connectivity index (χ2n) is 7.64. The molecule has 5 rings (SSSR count). The van der Waals surface area contributed by atoms with Gasteiger partial charge in [0, 0.05) is 42.6 Å². The van der Waals surface area contributed by atoms with Gasteiger partial charge in [-0.2, -0.15) is 0 Å². The molecule has 32 heavy (non-hydrogen) atoms. The summed E-state index contributed by atoms with van der Waals surface area (Å²) in [5.74, 6) is 1.17. The Bertz CT molecular complexity index is 1230. The van der Waals surface area contributed by atoms with Crippen molar-refractivity contribution >= 4 is 28.3 Å². The van der Waals surface area contributed by atoms with Crippen molar-refractivity contribution in [2.24, 2.45) is 0 Å².